The number of rotatable bonds is 4. The van der Waals surface area contributed by atoms with Crippen LogP contribution in [0.2, 0.25) is 0 Å². The maximum atomic E-state index is 8.45. The lowest BCUT2D eigenvalue weighted by atomic mass is 9.75. The first-order chi connectivity index (χ1) is 13.5. The van der Waals surface area contributed by atoms with Gasteiger partial charge in [-0.3, -0.25) is 0 Å². The van der Waals surface area contributed by atoms with E-state index in [1.54, 1.807) is 12.2 Å². The molecule has 3 heteroatoms. The van der Waals surface area contributed by atoms with Crippen molar-refractivity contribution in [3.63, 3.8) is 0 Å². The molecule has 0 aliphatic carbocycles. The predicted octanol–water partition coefficient (Wildman–Crippen LogP) is 6.11. The van der Waals surface area contributed by atoms with Crippen molar-refractivity contribution in [2.24, 2.45) is 0 Å². The first kappa shape index (κ1) is 17.9. The van der Waals surface area contributed by atoms with Gasteiger partial charge < -0.3 is 15.6 Å². The van der Waals surface area contributed by atoms with Gasteiger partial charge in [0.05, 0.1) is 11.4 Å². The van der Waals surface area contributed by atoms with E-state index in [2.05, 4.69) is 19.9 Å². The zero-order valence-corrected chi connectivity index (χ0v) is 16.0. The number of benzene rings is 3. The molecule has 0 atom stereocenters. The van der Waals surface area contributed by atoms with Crippen molar-refractivity contribution in [3.8, 4) is 11.5 Å². The second-order valence-corrected chi connectivity index (χ2v) is 7.46. The molecule has 3 aromatic rings. The normalized spacial score (nSPS) is 14.1. The molecule has 0 spiro atoms. The molecule has 0 saturated carbocycles. The molecule has 138 valence electrons. The number of hydrogen-bond donors (Lipinski definition) is 2. The molecule has 28 heavy (non-hydrogen) atoms. The van der Waals surface area contributed by atoms with Gasteiger partial charge in [0, 0.05) is 16.5 Å². The Balaban J connectivity index is 1.62. The fourth-order valence-corrected chi connectivity index (χ4v) is 3.59. The van der Waals surface area contributed by atoms with Gasteiger partial charge in [-0.1, -0.05) is 62.4 Å². The maximum absolute atomic E-state index is 8.45. The Morgan fingerprint density at radius 2 is 1.32 bits per heavy atom. The molecular weight excluding hydrogens is 344 g/mol. The van der Waals surface area contributed by atoms with Crippen molar-refractivity contribution in [2.45, 2.75) is 19.3 Å². The summed E-state index contributed by atoms with van der Waals surface area (Å²) >= 11 is 0. The van der Waals surface area contributed by atoms with Gasteiger partial charge in [0.15, 0.2) is 0 Å². The number of para-hydroxylation sites is 1. The van der Waals surface area contributed by atoms with Crippen LogP contribution in [0.15, 0.2) is 84.9 Å². The van der Waals surface area contributed by atoms with Crippen molar-refractivity contribution in [3.05, 3.63) is 107 Å². The highest BCUT2D eigenvalue weighted by molar-refractivity contribution is 6.13. The molecule has 0 fully saturated rings. The number of ether oxygens (including phenoxy) is 1. The Hall–Kier alpha value is -3.46. The third-order valence-corrected chi connectivity index (χ3v) is 5.25. The Kier molecular flexibility index (Phi) is 4.44. The summed E-state index contributed by atoms with van der Waals surface area (Å²) in [5.74, 6) is 1.72. The Bertz CT molecular complexity index is 1090. The summed E-state index contributed by atoms with van der Waals surface area (Å²) in [5, 5.41) is 16.6. The third kappa shape index (κ3) is 3.16. The Labute approximate surface area is 165 Å². The van der Waals surface area contributed by atoms with Crippen LogP contribution >= 0.6 is 0 Å². The van der Waals surface area contributed by atoms with Gasteiger partial charge >= 0.3 is 0 Å². The minimum atomic E-state index is -0.207. The van der Waals surface area contributed by atoms with E-state index in [1.807, 2.05) is 66.7 Å². The molecule has 0 amide bonds. The number of nitrogens with one attached hydrogen (secondary N) is 2. The van der Waals surface area contributed by atoms with Gasteiger partial charge in [-0.25, -0.2) is 0 Å². The SMILES string of the molecule is CC1(C)c2ccccc2Oc2ccc(C(=N)/C=C\C(=N)c3ccccc3)cc21. The summed E-state index contributed by atoms with van der Waals surface area (Å²) in [6.45, 7) is 4.36. The van der Waals surface area contributed by atoms with E-state index in [9.17, 15) is 0 Å². The molecular formula is C25H22N2O. The molecule has 3 aromatic carbocycles. The zero-order valence-electron chi connectivity index (χ0n) is 16.0. The lowest BCUT2D eigenvalue weighted by Crippen LogP contribution is -2.24. The number of allylic oxidation sites excluding steroid dienone is 2. The van der Waals surface area contributed by atoms with Crippen LogP contribution < -0.4 is 4.74 Å². The molecule has 0 aromatic heterocycles. The van der Waals surface area contributed by atoms with Crippen molar-refractivity contribution in [2.75, 3.05) is 0 Å². The van der Waals surface area contributed by atoms with Crippen LogP contribution in [0.5, 0.6) is 11.5 Å². The largest absolute Gasteiger partial charge is 0.457 e. The van der Waals surface area contributed by atoms with Crippen LogP contribution in [0.25, 0.3) is 0 Å². The Morgan fingerprint density at radius 3 is 2.07 bits per heavy atom. The van der Waals surface area contributed by atoms with Gasteiger partial charge in [0.1, 0.15) is 11.5 Å². The average Bonchev–Trinajstić information content (AvgIpc) is 2.72. The summed E-state index contributed by atoms with van der Waals surface area (Å²) in [7, 11) is 0. The van der Waals surface area contributed by atoms with Gasteiger partial charge in [0.25, 0.3) is 0 Å². The van der Waals surface area contributed by atoms with E-state index in [4.69, 9.17) is 15.6 Å². The van der Waals surface area contributed by atoms with Crippen LogP contribution in [0.1, 0.15) is 36.1 Å². The molecule has 0 saturated heterocycles. The quantitative estimate of drug-likeness (QED) is 0.538. The third-order valence-electron chi connectivity index (χ3n) is 5.25. The van der Waals surface area contributed by atoms with E-state index in [-0.39, 0.29) is 5.41 Å². The molecule has 1 aliphatic heterocycles. The fourth-order valence-electron chi connectivity index (χ4n) is 3.59. The van der Waals surface area contributed by atoms with E-state index in [0.717, 1.165) is 33.8 Å². The highest BCUT2D eigenvalue weighted by atomic mass is 16.5. The Morgan fingerprint density at radius 1 is 0.714 bits per heavy atom. The molecule has 2 N–H and O–H groups in total. The monoisotopic (exact) mass is 366 g/mol. The first-order valence-corrected chi connectivity index (χ1v) is 9.29. The van der Waals surface area contributed by atoms with Crippen LogP contribution in [0, 0.1) is 10.8 Å². The maximum Gasteiger partial charge on any atom is 0.131 e. The number of fused-ring (bicyclic) bond motifs is 2. The van der Waals surface area contributed by atoms with Crippen molar-refractivity contribution < 1.29 is 4.74 Å². The van der Waals surface area contributed by atoms with Gasteiger partial charge in [-0.2, -0.15) is 0 Å². The molecule has 4 rings (SSSR count). The standard InChI is InChI=1S/C25H22N2O/c1-25(2)19-10-6-7-11-23(19)28-24-15-12-18(16-20(24)25)22(27)14-13-21(26)17-8-4-3-5-9-17/h3-16,26-27H,1-2H3/b14-13-,26-21?,27-22?. The smallest absolute Gasteiger partial charge is 0.131 e. The molecule has 0 bridgehead atoms. The second kappa shape index (κ2) is 6.93. The summed E-state index contributed by atoms with van der Waals surface area (Å²) in [4.78, 5) is 0. The summed E-state index contributed by atoms with van der Waals surface area (Å²) in [6.07, 6.45) is 3.36. The molecule has 0 radical (unpaired) electrons. The molecule has 1 aliphatic rings. The number of hydrogen-bond acceptors (Lipinski definition) is 3. The second-order valence-electron chi connectivity index (χ2n) is 7.46. The molecule has 1 heterocycles. The van der Waals surface area contributed by atoms with Crippen molar-refractivity contribution in [1.29, 1.82) is 10.8 Å². The lowest BCUT2D eigenvalue weighted by molar-refractivity contribution is 0.418. The van der Waals surface area contributed by atoms with E-state index in [0.29, 0.717) is 11.4 Å². The predicted molar refractivity (Wildman–Crippen MR) is 114 cm³/mol. The van der Waals surface area contributed by atoms with Crippen LogP contribution in [0.4, 0.5) is 0 Å². The van der Waals surface area contributed by atoms with Gasteiger partial charge in [0.2, 0.25) is 0 Å². The zero-order chi connectivity index (χ0) is 19.7. The molecule has 3 nitrogen and oxygen atoms in total. The van der Waals surface area contributed by atoms with E-state index >= 15 is 0 Å². The van der Waals surface area contributed by atoms with Crippen LogP contribution in [0.3, 0.4) is 0 Å². The van der Waals surface area contributed by atoms with E-state index < -0.39 is 0 Å². The van der Waals surface area contributed by atoms with Gasteiger partial charge in [-0.15, -0.1) is 0 Å². The lowest BCUT2D eigenvalue weighted by Gasteiger charge is -2.34. The van der Waals surface area contributed by atoms with Crippen molar-refractivity contribution in [1.82, 2.24) is 0 Å². The summed E-state index contributed by atoms with van der Waals surface area (Å²) in [5.41, 5.74) is 4.42. The van der Waals surface area contributed by atoms with Crippen LogP contribution in [-0.4, -0.2) is 11.4 Å². The summed E-state index contributed by atoms with van der Waals surface area (Å²) < 4.78 is 6.08. The molecule has 0 unspecified atom stereocenters. The average molecular weight is 366 g/mol. The fraction of sp³-hybridized carbons (Fsp3) is 0.120. The first-order valence-electron chi connectivity index (χ1n) is 9.29. The minimum Gasteiger partial charge on any atom is -0.457 e. The van der Waals surface area contributed by atoms with Gasteiger partial charge in [-0.05, 0) is 47.5 Å². The van der Waals surface area contributed by atoms with Crippen LogP contribution in [-0.2, 0) is 5.41 Å². The highest BCUT2D eigenvalue weighted by Crippen LogP contribution is 2.47. The highest BCUT2D eigenvalue weighted by Gasteiger charge is 2.34. The topological polar surface area (TPSA) is 56.9 Å². The van der Waals surface area contributed by atoms with Crippen molar-refractivity contribution >= 4 is 11.4 Å². The van der Waals surface area contributed by atoms with E-state index in [1.165, 1.54) is 0 Å². The minimum absolute atomic E-state index is 0.207. The summed E-state index contributed by atoms with van der Waals surface area (Å²) in [6, 6.07) is 23.5.